The third-order valence-electron chi connectivity index (χ3n) is 5.84. The zero-order valence-electron chi connectivity index (χ0n) is 18.4. The summed E-state index contributed by atoms with van der Waals surface area (Å²) in [5.41, 5.74) is -1.29. The lowest BCUT2D eigenvalue weighted by Gasteiger charge is -2.41. The second-order valence-electron chi connectivity index (χ2n) is 9.22. The van der Waals surface area contributed by atoms with Gasteiger partial charge in [-0.05, 0) is 58.4 Å². The Labute approximate surface area is 184 Å². The van der Waals surface area contributed by atoms with Gasteiger partial charge in [-0.1, -0.05) is 0 Å². The van der Waals surface area contributed by atoms with Crippen molar-refractivity contribution in [3.05, 3.63) is 35.1 Å². The van der Waals surface area contributed by atoms with Gasteiger partial charge >= 0.3 is 12.1 Å². The second-order valence-corrected chi connectivity index (χ2v) is 9.22. The number of alkyl carbamates (subject to hydrolysis) is 1. The van der Waals surface area contributed by atoms with Gasteiger partial charge < -0.3 is 19.7 Å². The molecule has 0 aromatic heterocycles. The predicted octanol–water partition coefficient (Wildman–Crippen LogP) is 3.55. The lowest BCUT2D eigenvalue weighted by molar-refractivity contribution is -0.145. The van der Waals surface area contributed by atoms with E-state index in [2.05, 4.69) is 5.32 Å². The van der Waals surface area contributed by atoms with Crippen LogP contribution in [0.25, 0.3) is 0 Å². The minimum absolute atomic E-state index is 0.341. The van der Waals surface area contributed by atoms with E-state index in [0.717, 1.165) is 0 Å². The maximum Gasteiger partial charge on any atom is 0.408 e. The number of hydrogen-bond acceptors (Lipinski definition) is 5. The number of piperidine rings is 1. The molecule has 1 aromatic rings. The number of nitrogens with one attached hydrogen (secondary N) is 1. The Morgan fingerprint density at radius 2 is 1.59 bits per heavy atom. The highest BCUT2D eigenvalue weighted by Crippen LogP contribution is 2.41. The summed E-state index contributed by atoms with van der Waals surface area (Å²) < 4.78 is 51.1. The first-order chi connectivity index (χ1) is 14.9. The molecule has 2 aliphatic rings. The minimum Gasteiger partial charge on any atom is -0.467 e. The maximum absolute atomic E-state index is 14.2. The number of halogens is 3. The van der Waals surface area contributed by atoms with E-state index in [9.17, 15) is 27.6 Å². The van der Waals surface area contributed by atoms with Crippen LogP contribution in [0.5, 0.6) is 0 Å². The molecule has 10 heteroatoms. The van der Waals surface area contributed by atoms with Crippen molar-refractivity contribution in [1.29, 1.82) is 0 Å². The standard InChI is InChI=1S/C22H27F3N2O5/c1-22(2,3)32-21(30)26-18(20(29)31-4)11-7-12-5-6-13(8-11)27(12)19(28)14-9-16(24)17(25)10-15(14)23/h9-13,18H,5-8H2,1-4H3,(H,26,30)/t11?,12?,13?,18-/m0/s1. The molecule has 176 valence electrons. The molecule has 1 aromatic carbocycles. The van der Waals surface area contributed by atoms with Crippen LogP contribution in [0, 0.1) is 23.4 Å². The Bertz CT molecular complexity index is 904. The number of ether oxygens (including phenoxy) is 2. The number of nitrogens with zero attached hydrogens (tertiary/aromatic N) is 1. The third kappa shape index (κ3) is 4.99. The van der Waals surface area contributed by atoms with Crippen molar-refractivity contribution in [2.75, 3.05) is 7.11 Å². The first-order valence-corrected chi connectivity index (χ1v) is 10.5. The minimum atomic E-state index is -1.37. The lowest BCUT2D eigenvalue weighted by Crippen LogP contribution is -2.54. The average Bonchev–Trinajstić information content (AvgIpc) is 2.96. The normalized spacial score (nSPS) is 23.5. The van der Waals surface area contributed by atoms with Crippen LogP contribution in [0.2, 0.25) is 0 Å². The van der Waals surface area contributed by atoms with Crippen molar-refractivity contribution >= 4 is 18.0 Å². The monoisotopic (exact) mass is 456 g/mol. The van der Waals surface area contributed by atoms with E-state index < -0.39 is 52.6 Å². The number of rotatable bonds is 4. The SMILES string of the molecule is COC(=O)[C@@H](NC(=O)OC(C)(C)C)C1CC2CCC(C1)N2C(=O)c1cc(F)c(F)cc1F. The molecule has 0 radical (unpaired) electrons. The van der Waals surface area contributed by atoms with Crippen LogP contribution >= 0.6 is 0 Å². The zero-order chi connectivity index (χ0) is 23.8. The van der Waals surface area contributed by atoms with Crippen molar-refractivity contribution in [1.82, 2.24) is 10.2 Å². The lowest BCUT2D eigenvalue weighted by atomic mass is 9.84. The first-order valence-electron chi connectivity index (χ1n) is 10.5. The molecule has 2 heterocycles. The van der Waals surface area contributed by atoms with E-state index in [1.165, 1.54) is 12.0 Å². The van der Waals surface area contributed by atoms with E-state index in [0.29, 0.717) is 37.8 Å². The molecular weight excluding hydrogens is 429 g/mol. The fourth-order valence-electron chi connectivity index (χ4n) is 4.58. The number of carbonyl (C=O) groups is 3. The van der Waals surface area contributed by atoms with E-state index in [1.54, 1.807) is 20.8 Å². The Kier molecular flexibility index (Phi) is 6.71. The van der Waals surface area contributed by atoms with E-state index in [4.69, 9.17) is 9.47 Å². The van der Waals surface area contributed by atoms with Crippen LogP contribution in [0.15, 0.2) is 12.1 Å². The van der Waals surface area contributed by atoms with Gasteiger partial charge in [-0.15, -0.1) is 0 Å². The van der Waals surface area contributed by atoms with E-state index in [1.807, 2.05) is 0 Å². The van der Waals surface area contributed by atoms with Crippen LogP contribution in [0.4, 0.5) is 18.0 Å². The van der Waals surface area contributed by atoms with Crippen molar-refractivity contribution < 1.29 is 37.0 Å². The third-order valence-corrected chi connectivity index (χ3v) is 5.84. The fourth-order valence-corrected chi connectivity index (χ4v) is 4.58. The summed E-state index contributed by atoms with van der Waals surface area (Å²) in [6.07, 6.45) is 1.16. The molecule has 0 aliphatic carbocycles. The topological polar surface area (TPSA) is 84.9 Å². The molecule has 2 aliphatic heterocycles. The summed E-state index contributed by atoms with van der Waals surface area (Å²) in [4.78, 5) is 39.1. The molecule has 2 bridgehead atoms. The van der Waals surface area contributed by atoms with E-state index in [-0.39, 0.29) is 18.0 Å². The van der Waals surface area contributed by atoms with Crippen molar-refractivity contribution in [2.45, 2.75) is 70.2 Å². The summed E-state index contributed by atoms with van der Waals surface area (Å²) in [5.74, 6) is -5.49. The van der Waals surface area contributed by atoms with Gasteiger partial charge in [-0.25, -0.2) is 22.8 Å². The number of benzene rings is 1. The van der Waals surface area contributed by atoms with Gasteiger partial charge in [-0.3, -0.25) is 4.79 Å². The zero-order valence-corrected chi connectivity index (χ0v) is 18.4. The molecule has 0 spiro atoms. The van der Waals surface area contributed by atoms with Gasteiger partial charge in [0.1, 0.15) is 17.5 Å². The number of hydrogen-bond donors (Lipinski definition) is 1. The summed E-state index contributed by atoms with van der Waals surface area (Å²) in [6.45, 7) is 5.09. The number of esters is 1. The highest BCUT2D eigenvalue weighted by molar-refractivity contribution is 5.95. The van der Waals surface area contributed by atoms with Gasteiger partial charge in [-0.2, -0.15) is 0 Å². The van der Waals surface area contributed by atoms with Crippen molar-refractivity contribution in [3.63, 3.8) is 0 Å². The van der Waals surface area contributed by atoms with Crippen LogP contribution in [0.3, 0.4) is 0 Å². The molecule has 3 atom stereocenters. The van der Waals surface area contributed by atoms with Gasteiger partial charge in [0.2, 0.25) is 0 Å². The Balaban J connectivity index is 1.77. The number of carbonyl (C=O) groups excluding carboxylic acids is 3. The van der Waals surface area contributed by atoms with Gasteiger partial charge in [0.25, 0.3) is 5.91 Å². The molecule has 2 saturated heterocycles. The predicted molar refractivity (Wildman–Crippen MR) is 107 cm³/mol. The highest BCUT2D eigenvalue weighted by atomic mass is 19.2. The molecule has 1 N–H and O–H groups in total. The number of methoxy groups -OCH3 is 1. The Hall–Kier alpha value is -2.78. The smallest absolute Gasteiger partial charge is 0.408 e. The number of amides is 2. The van der Waals surface area contributed by atoms with Gasteiger partial charge in [0.05, 0.1) is 12.7 Å². The summed E-state index contributed by atoms with van der Waals surface area (Å²) in [5, 5.41) is 2.57. The number of fused-ring (bicyclic) bond motifs is 2. The molecule has 2 amide bonds. The van der Waals surface area contributed by atoms with Crippen LogP contribution in [-0.4, -0.2) is 53.7 Å². The first kappa shape index (κ1) is 23.9. The maximum atomic E-state index is 14.2. The summed E-state index contributed by atoms with van der Waals surface area (Å²) in [7, 11) is 1.21. The molecule has 2 fully saturated rings. The quantitative estimate of drug-likeness (QED) is 0.553. The molecule has 0 saturated carbocycles. The summed E-state index contributed by atoms with van der Waals surface area (Å²) in [6, 6.07) is -0.734. The van der Waals surface area contributed by atoms with Gasteiger partial charge in [0.15, 0.2) is 11.6 Å². The van der Waals surface area contributed by atoms with Crippen molar-refractivity contribution in [3.8, 4) is 0 Å². The second kappa shape index (κ2) is 8.99. The molecule has 32 heavy (non-hydrogen) atoms. The molecule has 7 nitrogen and oxygen atoms in total. The van der Waals surface area contributed by atoms with E-state index >= 15 is 0 Å². The molecule has 2 unspecified atom stereocenters. The molecule has 3 rings (SSSR count). The van der Waals surface area contributed by atoms with Gasteiger partial charge in [0, 0.05) is 18.2 Å². The van der Waals surface area contributed by atoms with Crippen LogP contribution < -0.4 is 5.32 Å². The highest BCUT2D eigenvalue weighted by Gasteiger charge is 2.48. The molecular formula is C22H27F3N2O5. The Morgan fingerprint density at radius 1 is 1.03 bits per heavy atom. The average molecular weight is 456 g/mol. The van der Waals surface area contributed by atoms with Crippen LogP contribution in [0.1, 0.15) is 56.8 Å². The van der Waals surface area contributed by atoms with Crippen molar-refractivity contribution in [2.24, 2.45) is 5.92 Å². The Morgan fingerprint density at radius 3 is 2.12 bits per heavy atom. The fraction of sp³-hybridized carbons (Fsp3) is 0.591. The summed E-state index contributed by atoms with van der Waals surface area (Å²) >= 11 is 0. The van der Waals surface area contributed by atoms with Crippen LogP contribution in [-0.2, 0) is 14.3 Å². The largest absolute Gasteiger partial charge is 0.467 e.